The molecule has 0 saturated heterocycles. The predicted octanol–water partition coefficient (Wildman–Crippen LogP) is 3.10. The Hall–Kier alpha value is -1.30. The van der Waals surface area contributed by atoms with Crippen LogP contribution in [0.1, 0.15) is 19.4 Å². The first-order chi connectivity index (χ1) is 8.26. The van der Waals surface area contributed by atoms with Gasteiger partial charge in [0.2, 0.25) is 0 Å². The molecule has 0 atom stereocenters. The summed E-state index contributed by atoms with van der Waals surface area (Å²) < 4.78 is 50.9. The highest BCUT2D eigenvalue weighted by Crippen LogP contribution is 2.28. The van der Waals surface area contributed by atoms with Crippen LogP contribution < -0.4 is 4.90 Å². The highest BCUT2D eigenvalue weighted by atomic mass is 19.4. The van der Waals surface area contributed by atoms with Gasteiger partial charge in [0, 0.05) is 17.3 Å². The van der Waals surface area contributed by atoms with Crippen LogP contribution in [0.25, 0.3) is 0 Å². The lowest BCUT2D eigenvalue weighted by Crippen LogP contribution is -2.39. The van der Waals surface area contributed by atoms with Gasteiger partial charge in [0.15, 0.2) is 0 Å². The maximum Gasteiger partial charge on any atom is 0.405 e. The van der Waals surface area contributed by atoms with E-state index in [2.05, 4.69) is 0 Å². The molecule has 18 heavy (non-hydrogen) atoms. The van der Waals surface area contributed by atoms with Gasteiger partial charge in [-0.05, 0) is 26.0 Å². The Labute approximate surface area is 103 Å². The third-order valence-corrected chi connectivity index (χ3v) is 2.53. The van der Waals surface area contributed by atoms with E-state index >= 15 is 0 Å². The molecule has 0 spiro atoms. The molecule has 1 rings (SSSR count). The standard InChI is InChI=1S/C12H15F4NO/c1-8(2)17(7-12(14,15)16)11-5-3-4-10(13)9(11)6-18/h3-5,8,18H,6-7H2,1-2H3. The van der Waals surface area contributed by atoms with Crippen molar-refractivity contribution in [1.82, 2.24) is 0 Å². The van der Waals surface area contributed by atoms with E-state index in [9.17, 15) is 17.6 Å². The maximum atomic E-state index is 13.4. The Morgan fingerprint density at radius 1 is 1.28 bits per heavy atom. The number of benzene rings is 1. The molecule has 0 fully saturated rings. The fourth-order valence-corrected chi connectivity index (χ4v) is 1.71. The molecule has 0 amide bonds. The van der Waals surface area contributed by atoms with Gasteiger partial charge in [-0.15, -0.1) is 0 Å². The number of hydrogen-bond acceptors (Lipinski definition) is 2. The molecule has 2 nitrogen and oxygen atoms in total. The number of alkyl halides is 3. The van der Waals surface area contributed by atoms with E-state index in [0.717, 1.165) is 11.0 Å². The van der Waals surface area contributed by atoms with Crippen LogP contribution in [0.2, 0.25) is 0 Å². The molecule has 0 aromatic heterocycles. The van der Waals surface area contributed by atoms with E-state index in [-0.39, 0.29) is 11.3 Å². The lowest BCUT2D eigenvalue weighted by molar-refractivity contribution is -0.120. The lowest BCUT2D eigenvalue weighted by Gasteiger charge is -2.31. The first-order valence-corrected chi connectivity index (χ1v) is 5.48. The van der Waals surface area contributed by atoms with E-state index in [0.29, 0.717) is 0 Å². The summed E-state index contributed by atoms with van der Waals surface area (Å²) in [5.74, 6) is -0.706. The Morgan fingerprint density at radius 3 is 2.33 bits per heavy atom. The van der Waals surface area contributed by atoms with Crippen LogP contribution in [0.4, 0.5) is 23.2 Å². The smallest absolute Gasteiger partial charge is 0.391 e. The van der Waals surface area contributed by atoms with Crippen molar-refractivity contribution in [3.8, 4) is 0 Å². The molecule has 0 unspecified atom stereocenters. The summed E-state index contributed by atoms with van der Waals surface area (Å²) in [6.07, 6.45) is -4.39. The van der Waals surface area contributed by atoms with Crippen molar-refractivity contribution in [3.63, 3.8) is 0 Å². The molecule has 6 heteroatoms. The van der Waals surface area contributed by atoms with E-state index < -0.39 is 31.2 Å². The van der Waals surface area contributed by atoms with Crippen LogP contribution in [0.5, 0.6) is 0 Å². The number of rotatable bonds is 4. The molecule has 0 heterocycles. The Morgan fingerprint density at radius 2 is 1.89 bits per heavy atom. The highest BCUT2D eigenvalue weighted by molar-refractivity contribution is 5.54. The molecule has 102 valence electrons. The summed E-state index contributed by atoms with van der Waals surface area (Å²) in [7, 11) is 0. The molecule has 0 aliphatic carbocycles. The number of aliphatic hydroxyl groups excluding tert-OH is 1. The number of aliphatic hydroxyl groups is 1. The van der Waals surface area contributed by atoms with Crippen LogP contribution in [0.15, 0.2) is 18.2 Å². The summed E-state index contributed by atoms with van der Waals surface area (Å²) in [5.41, 5.74) is -0.0414. The number of halogens is 4. The summed E-state index contributed by atoms with van der Waals surface area (Å²) >= 11 is 0. The fraction of sp³-hybridized carbons (Fsp3) is 0.500. The summed E-state index contributed by atoms with van der Waals surface area (Å²) in [5, 5.41) is 9.08. The van der Waals surface area contributed by atoms with Crippen molar-refractivity contribution in [1.29, 1.82) is 0 Å². The largest absolute Gasteiger partial charge is 0.405 e. The van der Waals surface area contributed by atoms with Crippen LogP contribution in [0.3, 0.4) is 0 Å². The molecule has 0 radical (unpaired) electrons. The minimum absolute atomic E-state index is 0.0739. The van der Waals surface area contributed by atoms with Gasteiger partial charge in [0.25, 0.3) is 0 Å². The van der Waals surface area contributed by atoms with Gasteiger partial charge in [0.1, 0.15) is 12.4 Å². The zero-order valence-electron chi connectivity index (χ0n) is 10.1. The second kappa shape index (κ2) is 5.56. The van der Waals surface area contributed by atoms with Gasteiger partial charge in [0.05, 0.1) is 6.61 Å². The zero-order chi connectivity index (χ0) is 13.9. The van der Waals surface area contributed by atoms with Crippen molar-refractivity contribution in [3.05, 3.63) is 29.6 Å². The third kappa shape index (κ3) is 3.60. The number of nitrogens with zero attached hydrogens (tertiary/aromatic N) is 1. The maximum absolute atomic E-state index is 13.4. The predicted molar refractivity (Wildman–Crippen MR) is 60.9 cm³/mol. The van der Waals surface area contributed by atoms with Gasteiger partial charge in [-0.2, -0.15) is 13.2 Å². The summed E-state index contributed by atoms with van der Waals surface area (Å²) in [6, 6.07) is 3.36. The first kappa shape index (κ1) is 14.8. The highest BCUT2D eigenvalue weighted by Gasteiger charge is 2.33. The molecule has 1 N–H and O–H groups in total. The van der Waals surface area contributed by atoms with Crippen molar-refractivity contribution in [2.75, 3.05) is 11.4 Å². The van der Waals surface area contributed by atoms with Crippen molar-refractivity contribution in [2.24, 2.45) is 0 Å². The van der Waals surface area contributed by atoms with Crippen LogP contribution in [0, 0.1) is 5.82 Å². The summed E-state index contributed by atoms with van der Waals surface area (Å²) in [4.78, 5) is 1.02. The number of anilines is 1. The summed E-state index contributed by atoms with van der Waals surface area (Å²) in [6.45, 7) is 1.35. The topological polar surface area (TPSA) is 23.5 Å². The van der Waals surface area contributed by atoms with Crippen molar-refractivity contribution in [2.45, 2.75) is 32.7 Å². The Balaban J connectivity index is 3.18. The number of hydrogen-bond donors (Lipinski definition) is 1. The van der Waals surface area contributed by atoms with Crippen LogP contribution >= 0.6 is 0 Å². The van der Waals surface area contributed by atoms with Gasteiger partial charge in [-0.1, -0.05) is 6.07 Å². The van der Waals surface area contributed by atoms with E-state index in [1.165, 1.54) is 12.1 Å². The Kier molecular flexibility index (Phi) is 4.56. The molecule has 0 aliphatic heterocycles. The van der Waals surface area contributed by atoms with Gasteiger partial charge >= 0.3 is 6.18 Å². The van der Waals surface area contributed by atoms with Crippen molar-refractivity contribution >= 4 is 5.69 Å². The second-order valence-corrected chi connectivity index (χ2v) is 4.23. The Bertz CT molecular complexity index is 404. The van der Waals surface area contributed by atoms with E-state index in [1.807, 2.05) is 0 Å². The SMILES string of the molecule is CC(C)N(CC(F)(F)F)c1cccc(F)c1CO. The minimum atomic E-state index is -4.39. The van der Waals surface area contributed by atoms with Gasteiger partial charge < -0.3 is 10.0 Å². The molecule has 0 saturated carbocycles. The van der Waals surface area contributed by atoms with Crippen LogP contribution in [-0.4, -0.2) is 23.9 Å². The van der Waals surface area contributed by atoms with Gasteiger partial charge in [-0.3, -0.25) is 0 Å². The normalized spacial score (nSPS) is 12.0. The fourth-order valence-electron chi connectivity index (χ4n) is 1.71. The molecule has 0 aliphatic rings. The molecular formula is C12H15F4NO. The molecular weight excluding hydrogens is 250 g/mol. The minimum Gasteiger partial charge on any atom is -0.391 e. The average Bonchev–Trinajstić information content (AvgIpc) is 2.24. The monoisotopic (exact) mass is 265 g/mol. The molecule has 1 aromatic carbocycles. The molecule has 0 bridgehead atoms. The quantitative estimate of drug-likeness (QED) is 0.846. The molecule has 1 aromatic rings. The van der Waals surface area contributed by atoms with E-state index in [4.69, 9.17) is 5.11 Å². The second-order valence-electron chi connectivity index (χ2n) is 4.23. The van der Waals surface area contributed by atoms with Crippen molar-refractivity contribution < 1.29 is 22.7 Å². The average molecular weight is 265 g/mol. The zero-order valence-corrected chi connectivity index (χ0v) is 10.1. The third-order valence-electron chi connectivity index (χ3n) is 2.53. The van der Waals surface area contributed by atoms with E-state index in [1.54, 1.807) is 13.8 Å². The van der Waals surface area contributed by atoms with Crippen LogP contribution in [-0.2, 0) is 6.61 Å². The van der Waals surface area contributed by atoms with Gasteiger partial charge in [-0.25, -0.2) is 4.39 Å². The first-order valence-electron chi connectivity index (χ1n) is 5.48. The lowest BCUT2D eigenvalue weighted by atomic mass is 10.1.